The average molecular weight is 406 g/mol. The lowest BCUT2D eigenvalue weighted by molar-refractivity contribution is -0.140. The third-order valence-electron chi connectivity index (χ3n) is 4.15. The molecule has 28 heavy (non-hydrogen) atoms. The van der Waals surface area contributed by atoms with Gasteiger partial charge >= 0.3 is 11.0 Å². The fraction of sp³-hybridized carbons (Fsp3) is 0.176. The van der Waals surface area contributed by atoms with E-state index in [0.29, 0.717) is 15.9 Å². The second-order valence-corrected chi connectivity index (χ2v) is 7.12. The van der Waals surface area contributed by atoms with E-state index in [-0.39, 0.29) is 23.2 Å². The molecule has 0 saturated heterocycles. The van der Waals surface area contributed by atoms with Crippen LogP contribution in [-0.4, -0.2) is 24.1 Å². The van der Waals surface area contributed by atoms with Crippen molar-refractivity contribution in [3.63, 3.8) is 0 Å². The largest absolute Gasteiger partial charge is 0.434 e. The van der Waals surface area contributed by atoms with Gasteiger partial charge in [0.1, 0.15) is 5.82 Å². The molecule has 4 rings (SSSR count). The van der Waals surface area contributed by atoms with Gasteiger partial charge in [0.25, 0.3) is 0 Å². The number of nitrogen functional groups attached to an aromatic ring is 1. The van der Waals surface area contributed by atoms with E-state index in [1.165, 1.54) is 22.4 Å². The molecule has 3 aromatic heterocycles. The number of aryl methyl sites for hydroxylation is 1. The van der Waals surface area contributed by atoms with Crippen LogP contribution in [0.2, 0.25) is 0 Å². The Morgan fingerprint density at radius 2 is 1.89 bits per heavy atom. The first-order valence-corrected chi connectivity index (χ1v) is 8.86. The van der Waals surface area contributed by atoms with Crippen molar-refractivity contribution < 1.29 is 13.2 Å². The Morgan fingerprint density at radius 3 is 2.54 bits per heavy atom. The molecule has 0 aliphatic carbocycles. The van der Waals surface area contributed by atoms with Gasteiger partial charge in [0.05, 0.1) is 17.4 Å². The molecule has 0 aliphatic heterocycles. The summed E-state index contributed by atoms with van der Waals surface area (Å²) in [5.74, 6) is 0.280. The molecule has 0 spiro atoms. The summed E-state index contributed by atoms with van der Waals surface area (Å²) >= 11 is 1.02. The van der Waals surface area contributed by atoms with Gasteiger partial charge in [0.2, 0.25) is 5.95 Å². The zero-order valence-corrected chi connectivity index (χ0v) is 15.3. The molecule has 0 unspecified atom stereocenters. The van der Waals surface area contributed by atoms with E-state index in [9.17, 15) is 18.0 Å². The summed E-state index contributed by atoms with van der Waals surface area (Å²) in [7, 11) is 1.51. The van der Waals surface area contributed by atoms with Crippen molar-refractivity contribution in [3.05, 3.63) is 57.6 Å². The predicted octanol–water partition coefficient (Wildman–Crippen LogP) is 2.90. The van der Waals surface area contributed by atoms with Crippen LogP contribution in [0.5, 0.6) is 0 Å². The third-order valence-corrected chi connectivity index (χ3v) is 5.05. The molecule has 7 nitrogen and oxygen atoms in total. The number of thiazole rings is 1. The summed E-state index contributed by atoms with van der Waals surface area (Å²) in [5, 5.41) is 0. The molecule has 0 radical (unpaired) electrons. The summed E-state index contributed by atoms with van der Waals surface area (Å²) < 4.78 is 42.0. The first-order chi connectivity index (χ1) is 13.2. The number of imidazole rings is 1. The quantitative estimate of drug-likeness (QED) is 0.565. The highest BCUT2D eigenvalue weighted by Crippen LogP contribution is 2.30. The van der Waals surface area contributed by atoms with E-state index in [1.807, 2.05) is 0 Å². The summed E-state index contributed by atoms with van der Waals surface area (Å²) in [6.07, 6.45) is -2.05. The summed E-state index contributed by atoms with van der Waals surface area (Å²) in [5.41, 5.74) is 6.43. The smallest absolute Gasteiger partial charge is 0.368 e. The van der Waals surface area contributed by atoms with E-state index < -0.39 is 11.9 Å². The first kappa shape index (κ1) is 18.2. The second kappa shape index (κ2) is 6.44. The highest BCUT2D eigenvalue weighted by molar-refractivity contribution is 7.16. The Kier molecular flexibility index (Phi) is 4.18. The molecule has 2 N–H and O–H groups in total. The van der Waals surface area contributed by atoms with Gasteiger partial charge in [-0.15, -0.1) is 0 Å². The Morgan fingerprint density at radius 1 is 1.18 bits per heavy atom. The van der Waals surface area contributed by atoms with Crippen LogP contribution in [0.3, 0.4) is 0 Å². The van der Waals surface area contributed by atoms with Crippen LogP contribution in [0.1, 0.15) is 11.3 Å². The number of nitrogens with two attached hydrogens (primary N) is 1. The van der Waals surface area contributed by atoms with Crippen molar-refractivity contribution in [2.45, 2.75) is 12.7 Å². The zero-order valence-electron chi connectivity index (χ0n) is 14.4. The minimum Gasteiger partial charge on any atom is -0.368 e. The maximum atomic E-state index is 12.8. The van der Waals surface area contributed by atoms with Crippen molar-refractivity contribution >= 4 is 27.6 Å². The first-order valence-electron chi connectivity index (χ1n) is 8.04. The number of hydrogen-bond acceptors (Lipinski definition) is 6. The van der Waals surface area contributed by atoms with Crippen LogP contribution in [0.25, 0.3) is 21.7 Å². The lowest BCUT2D eigenvalue weighted by Crippen LogP contribution is -2.14. The Hall–Kier alpha value is -3.21. The number of rotatable bonds is 3. The molecule has 0 bridgehead atoms. The fourth-order valence-corrected chi connectivity index (χ4v) is 3.63. The summed E-state index contributed by atoms with van der Waals surface area (Å²) in [6, 6.07) is 6.80. The molecule has 0 fully saturated rings. The lowest BCUT2D eigenvalue weighted by Gasteiger charge is -2.06. The Balaban J connectivity index is 1.65. The van der Waals surface area contributed by atoms with Gasteiger partial charge in [-0.2, -0.15) is 18.2 Å². The molecule has 0 amide bonds. The molecule has 1 aromatic carbocycles. The van der Waals surface area contributed by atoms with E-state index in [1.54, 1.807) is 24.3 Å². The predicted molar refractivity (Wildman–Crippen MR) is 98.8 cm³/mol. The maximum Gasteiger partial charge on any atom is 0.434 e. The monoisotopic (exact) mass is 406 g/mol. The van der Waals surface area contributed by atoms with Crippen LogP contribution >= 0.6 is 11.3 Å². The number of hydrogen-bond donors (Lipinski definition) is 1. The molecule has 144 valence electrons. The molecular formula is C17H13F3N6OS. The molecule has 0 atom stereocenters. The highest BCUT2D eigenvalue weighted by Gasteiger charge is 2.34. The van der Waals surface area contributed by atoms with Gasteiger partial charge in [0, 0.05) is 18.8 Å². The fourth-order valence-electron chi connectivity index (χ4n) is 2.83. The molecular weight excluding hydrogens is 393 g/mol. The van der Waals surface area contributed by atoms with E-state index in [2.05, 4.69) is 15.0 Å². The molecule has 0 aliphatic rings. The number of nitrogens with zero attached hydrogens (tertiary/aromatic N) is 5. The van der Waals surface area contributed by atoms with Crippen LogP contribution in [0.4, 0.5) is 19.1 Å². The van der Waals surface area contributed by atoms with Gasteiger partial charge < -0.3 is 10.3 Å². The topological polar surface area (TPSA) is 91.6 Å². The molecule has 11 heteroatoms. The van der Waals surface area contributed by atoms with Gasteiger partial charge in [-0.1, -0.05) is 35.6 Å². The molecule has 3 heterocycles. The summed E-state index contributed by atoms with van der Waals surface area (Å²) in [4.78, 5) is 23.7. The van der Waals surface area contributed by atoms with Crippen LogP contribution in [0.15, 0.2) is 41.5 Å². The number of fused-ring (bicyclic) bond motifs is 1. The number of halogens is 3. The highest BCUT2D eigenvalue weighted by atomic mass is 32.1. The molecule has 4 aromatic rings. The van der Waals surface area contributed by atoms with E-state index >= 15 is 0 Å². The number of aromatic nitrogens is 5. The number of anilines is 1. The van der Waals surface area contributed by atoms with Crippen LogP contribution in [0, 0.1) is 0 Å². The van der Waals surface area contributed by atoms with Crippen molar-refractivity contribution in [2.75, 3.05) is 5.73 Å². The third kappa shape index (κ3) is 3.24. The number of alkyl halides is 3. The minimum atomic E-state index is -4.50. The standard InChI is InChI=1S/C17H13F3N6OS/c1-25-8-12(17(18,19)20)23-13(25)10-4-2-9(3-5-10)7-26-14-11(28-16(26)27)6-22-15(21)24-14/h2-6,8H,7H2,1H3,(H2,21,22,24). The van der Waals surface area contributed by atoms with E-state index in [0.717, 1.165) is 23.1 Å². The van der Waals surface area contributed by atoms with Gasteiger partial charge in [-0.25, -0.2) is 9.97 Å². The normalized spacial score (nSPS) is 12.0. The number of benzene rings is 1. The maximum absolute atomic E-state index is 12.8. The van der Waals surface area contributed by atoms with Crippen molar-refractivity contribution in [3.8, 4) is 11.4 Å². The van der Waals surface area contributed by atoms with Crippen molar-refractivity contribution in [1.82, 2.24) is 24.1 Å². The average Bonchev–Trinajstić information content (AvgIpc) is 3.16. The van der Waals surface area contributed by atoms with Crippen molar-refractivity contribution in [2.24, 2.45) is 7.05 Å². The lowest BCUT2D eigenvalue weighted by atomic mass is 10.1. The Labute approximate surface area is 159 Å². The van der Waals surface area contributed by atoms with Gasteiger partial charge in [0.15, 0.2) is 11.3 Å². The van der Waals surface area contributed by atoms with Crippen LogP contribution in [-0.2, 0) is 19.8 Å². The molecule has 0 saturated carbocycles. The second-order valence-electron chi connectivity index (χ2n) is 6.13. The SMILES string of the molecule is Cn1cc(C(F)(F)F)nc1-c1ccc(Cn2c(=O)sc3cnc(N)nc32)cc1. The van der Waals surface area contributed by atoms with Gasteiger partial charge in [-0.05, 0) is 5.56 Å². The zero-order chi connectivity index (χ0) is 20.1. The van der Waals surface area contributed by atoms with Crippen molar-refractivity contribution in [1.29, 1.82) is 0 Å². The van der Waals surface area contributed by atoms with E-state index in [4.69, 9.17) is 5.73 Å². The minimum absolute atomic E-state index is 0.0737. The Bertz CT molecular complexity index is 1220. The summed E-state index contributed by atoms with van der Waals surface area (Å²) in [6.45, 7) is 0.254. The van der Waals surface area contributed by atoms with Crippen LogP contribution < -0.4 is 10.6 Å². The van der Waals surface area contributed by atoms with Gasteiger partial charge in [-0.3, -0.25) is 9.36 Å².